The SMILES string of the molecule is Cc1ccc(-c2n(Cc3ccccc3)nc[n+]2NC(=O)c2ccccc2)cc1. The molecule has 5 heteroatoms. The fraction of sp³-hybridized carbons (Fsp3) is 0.0870. The van der Waals surface area contributed by atoms with Crippen LogP contribution in [-0.4, -0.2) is 15.7 Å². The summed E-state index contributed by atoms with van der Waals surface area (Å²) in [6.07, 6.45) is 1.64. The molecule has 0 unspecified atom stereocenters. The molecule has 0 aliphatic rings. The van der Waals surface area contributed by atoms with E-state index in [0.29, 0.717) is 12.1 Å². The second-order valence-electron chi connectivity index (χ2n) is 6.64. The summed E-state index contributed by atoms with van der Waals surface area (Å²) in [5.74, 6) is 0.631. The maximum Gasteiger partial charge on any atom is 0.290 e. The van der Waals surface area contributed by atoms with Crippen LogP contribution >= 0.6 is 0 Å². The number of amides is 1. The molecule has 138 valence electrons. The predicted octanol–water partition coefficient (Wildman–Crippen LogP) is 3.58. The highest BCUT2D eigenvalue weighted by molar-refractivity contribution is 5.98. The van der Waals surface area contributed by atoms with Gasteiger partial charge < -0.3 is 0 Å². The Morgan fingerprint density at radius 1 is 0.929 bits per heavy atom. The van der Waals surface area contributed by atoms with Crippen LogP contribution in [0.3, 0.4) is 0 Å². The van der Waals surface area contributed by atoms with Crippen molar-refractivity contribution in [1.82, 2.24) is 9.78 Å². The van der Waals surface area contributed by atoms with Crippen molar-refractivity contribution in [1.29, 1.82) is 0 Å². The van der Waals surface area contributed by atoms with E-state index in [9.17, 15) is 4.79 Å². The van der Waals surface area contributed by atoms with Gasteiger partial charge in [0.15, 0.2) is 0 Å². The number of carbonyl (C=O) groups excluding carboxylic acids is 1. The smallest absolute Gasteiger partial charge is 0.266 e. The Morgan fingerprint density at radius 2 is 1.57 bits per heavy atom. The molecule has 1 aromatic heterocycles. The van der Waals surface area contributed by atoms with Crippen LogP contribution in [0.4, 0.5) is 0 Å². The molecule has 28 heavy (non-hydrogen) atoms. The minimum absolute atomic E-state index is 0.182. The molecule has 0 atom stereocenters. The normalized spacial score (nSPS) is 10.6. The predicted molar refractivity (Wildman–Crippen MR) is 108 cm³/mol. The Hall–Kier alpha value is -3.73. The number of benzene rings is 3. The Bertz CT molecular complexity index is 1070. The summed E-state index contributed by atoms with van der Waals surface area (Å²) < 4.78 is 3.58. The van der Waals surface area contributed by atoms with E-state index in [0.717, 1.165) is 17.0 Å². The van der Waals surface area contributed by atoms with Crippen LogP contribution in [0.5, 0.6) is 0 Å². The first-order valence-electron chi connectivity index (χ1n) is 9.15. The first-order chi connectivity index (χ1) is 13.7. The minimum Gasteiger partial charge on any atom is -0.266 e. The van der Waals surface area contributed by atoms with Crippen LogP contribution in [0.15, 0.2) is 91.3 Å². The topological polar surface area (TPSA) is 50.8 Å². The Balaban J connectivity index is 1.71. The maximum absolute atomic E-state index is 12.7. The van der Waals surface area contributed by atoms with Gasteiger partial charge in [-0.25, -0.2) is 5.43 Å². The highest BCUT2D eigenvalue weighted by Crippen LogP contribution is 2.17. The van der Waals surface area contributed by atoms with E-state index >= 15 is 0 Å². The number of hydrogen-bond donors (Lipinski definition) is 1. The molecule has 0 saturated heterocycles. The molecule has 0 saturated carbocycles. The number of aryl methyl sites for hydroxylation is 1. The molecular weight excluding hydrogens is 348 g/mol. The Kier molecular flexibility index (Phi) is 4.97. The first-order valence-corrected chi connectivity index (χ1v) is 9.15. The van der Waals surface area contributed by atoms with Crippen LogP contribution < -0.4 is 10.1 Å². The van der Waals surface area contributed by atoms with Gasteiger partial charge in [-0.05, 0) is 36.8 Å². The molecule has 0 bridgehead atoms. The van der Waals surface area contributed by atoms with E-state index in [2.05, 4.69) is 41.7 Å². The van der Waals surface area contributed by atoms with Crippen molar-refractivity contribution in [2.45, 2.75) is 13.5 Å². The van der Waals surface area contributed by atoms with E-state index in [1.807, 2.05) is 53.2 Å². The number of nitrogens with one attached hydrogen (secondary N) is 1. The molecule has 1 heterocycles. The fourth-order valence-corrected chi connectivity index (χ4v) is 3.06. The lowest BCUT2D eigenvalue weighted by Crippen LogP contribution is -2.49. The lowest BCUT2D eigenvalue weighted by atomic mass is 10.1. The van der Waals surface area contributed by atoms with Crippen LogP contribution in [0, 0.1) is 6.92 Å². The molecule has 0 spiro atoms. The number of rotatable bonds is 5. The van der Waals surface area contributed by atoms with Crippen molar-refractivity contribution in [3.8, 4) is 11.4 Å². The van der Waals surface area contributed by atoms with Crippen molar-refractivity contribution < 1.29 is 9.47 Å². The molecule has 4 aromatic rings. The lowest BCUT2D eigenvalue weighted by molar-refractivity contribution is -0.630. The molecule has 3 aromatic carbocycles. The van der Waals surface area contributed by atoms with E-state index < -0.39 is 0 Å². The molecule has 5 nitrogen and oxygen atoms in total. The summed E-state index contributed by atoms with van der Waals surface area (Å²) in [5, 5.41) is 4.52. The highest BCUT2D eigenvalue weighted by atomic mass is 16.2. The largest absolute Gasteiger partial charge is 0.290 e. The molecule has 0 fully saturated rings. The van der Waals surface area contributed by atoms with Gasteiger partial charge in [-0.2, -0.15) is 0 Å². The third-order valence-corrected chi connectivity index (χ3v) is 4.52. The molecule has 0 aliphatic carbocycles. The van der Waals surface area contributed by atoms with Gasteiger partial charge in [0.1, 0.15) is 6.54 Å². The van der Waals surface area contributed by atoms with Crippen LogP contribution in [0.1, 0.15) is 21.5 Å². The van der Waals surface area contributed by atoms with Crippen molar-refractivity contribution >= 4 is 5.91 Å². The van der Waals surface area contributed by atoms with Gasteiger partial charge in [-0.1, -0.05) is 66.2 Å². The zero-order valence-corrected chi connectivity index (χ0v) is 15.6. The van der Waals surface area contributed by atoms with Crippen molar-refractivity contribution in [2.75, 3.05) is 5.43 Å². The van der Waals surface area contributed by atoms with E-state index in [-0.39, 0.29) is 5.91 Å². The summed E-state index contributed by atoms with van der Waals surface area (Å²) in [7, 11) is 0. The zero-order chi connectivity index (χ0) is 19.3. The number of nitrogens with zero attached hydrogens (tertiary/aromatic N) is 3. The van der Waals surface area contributed by atoms with Crippen LogP contribution in [0.25, 0.3) is 11.4 Å². The second-order valence-corrected chi connectivity index (χ2v) is 6.64. The fourth-order valence-electron chi connectivity index (χ4n) is 3.06. The minimum atomic E-state index is -0.182. The first kappa shape index (κ1) is 17.7. The zero-order valence-electron chi connectivity index (χ0n) is 15.6. The van der Waals surface area contributed by atoms with Gasteiger partial charge in [0.25, 0.3) is 18.1 Å². The van der Waals surface area contributed by atoms with Gasteiger partial charge >= 0.3 is 0 Å². The van der Waals surface area contributed by atoms with Gasteiger partial charge in [-0.15, -0.1) is 9.36 Å². The van der Waals surface area contributed by atoms with Gasteiger partial charge in [0.2, 0.25) is 0 Å². The average molecular weight is 369 g/mol. The van der Waals surface area contributed by atoms with E-state index in [4.69, 9.17) is 0 Å². The molecule has 1 N–H and O–H groups in total. The van der Waals surface area contributed by atoms with Crippen molar-refractivity contribution in [2.24, 2.45) is 0 Å². The van der Waals surface area contributed by atoms with Crippen LogP contribution in [-0.2, 0) is 6.54 Å². The monoisotopic (exact) mass is 369 g/mol. The molecule has 0 aliphatic heterocycles. The molecular formula is C23H21N4O+. The second kappa shape index (κ2) is 7.88. The Morgan fingerprint density at radius 3 is 2.25 bits per heavy atom. The number of hydrogen-bond acceptors (Lipinski definition) is 2. The lowest BCUT2D eigenvalue weighted by Gasteiger charge is -2.07. The van der Waals surface area contributed by atoms with Gasteiger partial charge in [-0.3, -0.25) is 4.79 Å². The third kappa shape index (κ3) is 3.83. The van der Waals surface area contributed by atoms with E-state index in [1.165, 1.54) is 5.56 Å². The van der Waals surface area contributed by atoms with Crippen LogP contribution in [0.2, 0.25) is 0 Å². The summed E-state index contributed by atoms with van der Waals surface area (Å²) in [5.41, 5.74) is 6.84. The molecule has 1 amide bonds. The molecule has 4 rings (SSSR count). The maximum atomic E-state index is 12.7. The Labute approximate surface area is 163 Å². The number of aromatic nitrogens is 3. The summed E-state index contributed by atoms with van der Waals surface area (Å²) in [4.78, 5) is 12.7. The van der Waals surface area contributed by atoms with Crippen molar-refractivity contribution in [3.63, 3.8) is 0 Å². The van der Waals surface area contributed by atoms with Gasteiger partial charge in [0.05, 0.1) is 5.56 Å². The average Bonchev–Trinajstić information content (AvgIpc) is 3.12. The highest BCUT2D eigenvalue weighted by Gasteiger charge is 2.23. The van der Waals surface area contributed by atoms with E-state index in [1.54, 1.807) is 23.1 Å². The quantitative estimate of drug-likeness (QED) is 0.547. The van der Waals surface area contributed by atoms with Crippen molar-refractivity contribution in [3.05, 3.63) is 108 Å². The molecule has 0 radical (unpaired) electrons. The van der Waals surface area contributed by atoms with Gasteiger partial charge in [0, 0.05) is 10.7 Å². The summed E-state index contributed by atoms with van der Waals surface area (Å²) >= 11 is 0. The standard InChI is InChI=1S/C23H20N4O/c1-18-12-14-21(15-13-18)23-26(16-19-8-4-2-5-9-19)24-17-27(23)25-22(28)20-10-6-3-7-11-20/h2-15,17H,16H2,1H3/p+1. The summed E-state index contributed by atoms with van der Waals surface area (Å²) in [6.45, 7) is 2.66. The number of carbonyl (C=O) groups is 1. The third-order valence-electron chi connectivity index (χ3n) is 4.52. The summed E-state index contributed by atoms with van der Waals surface area (Å²) in [6, 6.07) is 27.5.